The van der Waals surface area contributed by atoms with Gasteiger partial charge in [0.2, 0.25) is 5.79 Å². The van der Waals surface area contributed by atoms with E-state index in [9.17, 15) is 39.3 Å². The van der Waals surface area contributed by atoms with Crippen molar-refractivity contribution in [2.45, 2.75) is 180 Å². The highest BCUT2D eigenvalue weighted by Gasteiger charge is 2.53. The highest BCUT2D eigenvalue weighted by Crippen LogP contribution is 2.40. The highest BCUT2D eigenvalue weighted by molar-refractivity contribution is 6.39. The topological polar surface area (TPSA) is 199 Å². The molecular formula is C54H79NO13. The number of hydrogen-bond donors (Lipinski definition) is 3. The third-order valence-electron chi connectivity index (χ3n) is 15.1. The van der Waals surface area contributed by atoms with Crippen LogP contribution in [0, 0.1) is 35.5 Å². The number of amides is 1. The lowest BCUT2D eigenvalue weighted by molar-refractivity contribution is -0.264. The van der Waals surface area contributed by atoms with Crippen LogP contribution in [-0.4, -0.2) is 119 Å². The molecule has 14 heteroatoms. The number of esters is 1. The van der Waals surface area contributed by atoms with Crippen molar-refractivity contribution in [3.8, 4) is 0 Å². The number of carbonyl (C=O) groups excluding carboxylic acids is 5. The predicted molar refractivity (Wildman–Crippen MR) is 256 cm³/mol. The first-order valence-electron chi connectivity index (χ1n) is 25.0. The van der Waals surface area contributed by atoms with Gasteiger partial charge in [0.25, 0.3) is 11.7 Å². The van der Waals surface area contributed by atoms with Crippen molar-refractivity contribution in [3.63, 3.8) is 0 Å². The van der Waals surface area contributed by atoms with E-state index in [0.29, 0.717) is 69.1 Å². The number of ether oxygens (including phenoxy) is 4. The van der Waals surface area contributed by atoms with Gasteiger partial charge >= 0.3 is 5.97 Å². The van der Waals surface area contributed by atoms with E-state index >= 15 is 0 Å². The largest absolute Gasteiger partial charge is 0.469 e. The average Bonchev–Trinajstić information content (AvgIpc) is 3.86. The fourth-order valence-electron chi connectivity index (χ4n) is 10.7. The normalized spacial score (nSPS) is 39.1. The maximum atomic E-state index is 14.4. The van der Waals surface area contributed by atoms with E-state index in [4.69, 9.17) is 23.4 Å². The van der Waals surface area contributed by atoms with Crippen LogP contribution in [0.5, 0.6) is 0 Å². The number of nitrogens with zero attached hydrogens (tertiary/aromatic N) is 1. The SMILES string of the molecule is CO[C@H]1C(=O)[C@H](C)C[C@H](C)/C=C/C=C/C=C(\C)C(c2ccco2)C[C@@H]2CC[C@@H](C)[C@@](O)(O2)C(=O)C(=O)N2CCCCC2C(=O)OC([C@H](C)CC2CC[C@@H](O)[C@H](OC)C2)CC(=O)[C@H](C)/C=C(\C)C1O. The molecule has 378 valence electrons. The molecule has 5 rings (SSSR count). The Balaban J connectivity index is 1.49. The zero-order valence-electron chi connectivity index (χ0n) is 41.8. The second kappa shape index (κ2) is 25.2. The molecule has 3 N–H and O–H groups in total. The second-order valence-corrected chi connectivity index (χ2v) is 20.4. The monoisotopic (exact) mass is 950 g/mol. The summed E-state index contributed by atoms with van der Waals surface area (Å²) in [7, 11) is 2.95. The van der Waals surface area contributed by atoms with Gasteiger partial charge in [-0.1, -0.05) is 76.6 Å². The summed E-state index contributed by atoms with van der Waals surface area (Å²) in [5.74, 6) is -7.63. The Kier molecular flexibility index (Phi) is 20.3. The van der Waals surface area contributed by atoms with Crippen molar-refractivity contribution in [2.24, 2.45) is 35.5 Å². The van der Waals surface area contributed by atoms with Crippen molar-refractivity contribution in [1.82, 2.24) is 4.90 Å². The van der Waals surface area contributed by atoms with Crippen LogP contribution < -0.4 is 0 Å². The first-order chi connectivity index (χ1) is 32.3. The molecular weight excluding hydrogens is 871 g/mol. The number of piperidine rings is 1. The highest BCUT2D eigenvalue weighted by atomic mass is 16.6. The maximum Gasteiger partial charge on any atom is 0.329 e. The van der Waals surface area contributed by atoms with Gasteiger partial charge in [0.1, 0.15) is 35.9 Å². The van der Waals surface area contributed by atoms with Crippen LogP contribution in [0.4, 0.5) is 0 Å². The molecule has 2 saturated heterocycles. The van der Waals surface area contributed by atoms with Gasteiger partial charge in [0.15, 0.2) is 5.78 Å². The molecule has 2 bridgehead atoms. The van der Waals surface area contributed by atoms with E-state index in [1.807, 2.05) is 64.1 Å². The number of methoxy groups -OCH3 is 2. The smallest absolute Gasteiger partial charge is 0.329 e. The van der Waals surface area contributed by atoms with Crippen LogP contribution in [0.25, 0.3) is 0 Å². The van der Waals surface area contributed by atoms with Crippen LogP contribution in [0.1, 0.15) is 137 Å². The van der Waals surface area contributed by atoms with Crippen LogP contribution >= 0.6 is 0 Å². The number of carbonyl (C=O) groups is 5. The summed E-state index contributed by atoms with van der Waals surface area (Å²) in [5, 5.41) is 34.1. The van der Waals surface area contributed by atoms with Gasteiger partial charge in [-0.2, -0.15) is 0 Å². The third-order valence-corrected chi connectivity index (χ3v) is 15.1. The summed E-state index contributed by atoms with van der Waals surface area (Å²) in [6, 6.07) is 2.52. The Morgan fingerprint density at radius 3 is 2.32 bits per heavy atom. The van der Waals surface area contributed by atoms with Gasteiger partial charge in [0, 0.05) is 50.9 Å². The minimum atomic E-state index is -2.45. The number of hydrogen-bond acceptors (Lipinski definition) is 13. The average molecular weight is 950 g/mol. The fourth-order valence-corrected chi connectivity index (χ4v) is 10.7. The first kappa shape index (κ1) is 54.9. The molecule has 0 spiro atoms. The van der Waals surface area contributed by atoms with Gasteiger partial charge in [-0.3, -0.25) is 19.2 Å². The molecule has 4 aliphatic rings. The Labute approximate surface area is 403 Å². The summed E-state index contributed by atoms with van der Waals surface area (Å²) < 4.78 is 29.6. The predicted octanol–water partition coefficient (Wildman–Crippen LogP) is 7.54. The molecule has 1 aromatic heterocycles. The van der Waals surface area contributed by atoms with Gasteiger partial charge in [0.05, 0.1) is 24.6 Å². The van der Waals surface area contributed by atoms with Crippen molar-refractivity contribution in [2.75, 3.05) is 20.8 Å². The number of rotatable bonds is 6. The van der Waals surface area contributed by atoms with E-state index in [2.05, 4.69) is 0 Å². The minimum Gasteiger partial charge on any atom is -0.469 e. The number of Topliss-reactive ketones (excluding diaryl/α,β-unsaturated/α-hetero) is 3. The number of aliphatic hydroxyl groups is 3. The van der Waals surface area contributed by atoms with Crippen LogP contribution in [0.2, 0.25) is 0 Å². The number of allylic oxidation sites excluding steroid dienone is 7. The lowest BCUT2D eigenvalue weighted by Gasteiger charge is -2.42. The fraction of sp³-hybridized carbons (Fsp3) is 0.685. The molecule has 1 aliphatic carbocycles. The Morgan fingerprint density at radius 1 is 0.882 bits per heavy atom. The molecule has 4 heterocycles. The zero-order chi connectivity index (χ0) is 49.9. The molecule has 3 aliphatic heterocycles. The van der Waals surface area contributed by atoms with Crippen molar-refractivity contribution >= 4 is 29.2 Å². The lowest BCUT2D eigenvalue weighted by Crippen LogP contribution is -2.60. The summed E-state index contributed by atoms with van der Waals surface area (Å²) in [4.78, 5) is 72.3. The molecule has 68 heavy (non-hydrogen) atoms. The van der Waals surface area contributed by atoms with E-state index < -0.39 is 77.8 Å². The molecule has 1 saturated carbocycles. The van der Waals surface area contributed by atoms with Crippen molar-refractivity contribution in [3.05, 3.63) is 71.8 Å². The van der Waals surface area contributed by atoms with Gasteiger partial charge in [-0.15, -0.1) is 0 Å². The van der Waals surface area contributed by atoms with Crippen LogP contribution in [0.3, 0.4) is 0 Å². The summed E-state index contributed by atoms with van der Waals surface area (Å²) >= 11 is 0. The summed E-state index contributed by atoms with van der Waals surface area (Å²) in [6.45, 7) is 12.8. The second-order valence-electron chi connectivity index (χ2n) is 20.4. The minimum absolute atomic E-state index is 0.00926. The number of fused-ring (bicyclic) bond motifs is 3. The molecule has 15 atom stereocenters. The van der Waals surface area contributed by atoms with Gasteiger partial charge < -0.3 is 43.6 Å². The standard InChI is InChI=1S/C54H79NO13/c1-32-16-11-10-12-17-33(2)41(45-19-15-25-66-45)30-40-22-20-38(7)54(63,68-40)51(60)52(61)55-24-14-13-18-42(55)53(62)67-46(35(4)28-39-21-23-43(56)47(29-39)64-8)31-44(57)34(3)27-37(6)49(59)50(65-9)48(58)36(5)26-32/h10-12,15-17,19,25,27,32,34-36,38-43,46-47,49-50,56,59,63H,13-14,18,20-24,26,28-31H2,1-9H3/b12-10+,16-11+,33-17+,37-27+/t32-,34-,35-,36-,38-,39?,40+,41?,42?,43-,46?,47-,49?,50+,54-/m1/s1. The summed E-state index contributed by atoms with van der Waals surface area (Å²) in [6.07, 6.45) is 13.3. The summed E-state index contributed by atoms with van der Waals surface area (Å²) in [5.41, 5.74) is 1.33. The third kappa shape index (κ3) is 13.8. The Morgan fingerprint density at radius 2 is 1.63 bits per heavy atom. The number of ketones is 3. The molecule has 1 aromatic rings. The van der Waals surface area contributed by atoms with E-state index in [1.165, 1.54) is 12.0 Å². The van der Waals surface area contributed by atoms with Crippen LogP contribution in [-0.2, 0) is 42.9 Å². The quantitative estimate of drug-likeness (QED) is 0.144. The lowest BCUT2D eigenvalue weighted by atomic mass is 9.78. The number of furan rings is 1. The zero-order valence-corrected chi connectivity index (χ0v) is 41.8. The number of cyclic esters (lactones) is 1. The van der Waals surface area contributed by atoms with E-state index in [-0.39, 0.29) is 60.7 Å². The number of aliphatic hydroxyl groups excluding tert-OH is 2. The maximum absolute atomic E-state index is 14.4. The van der Waals surface area contributed by atoms with Crippen LogP contribution in [0.15, 0.2) is 70.4 Å². The van der Waals surface area contributed by atoms with Crippen molar-refractivity contribution < 1.29 is 62.7 Å². The molecule has 3 fully saturated rings. The molecule has 1 amide bonds. The molecule has 5 unspecified atom stereocenters. The Bertz CT molecular complexity index is 1990. The van der Waals surface area contributed by atoms with Crippen molar-refractivity contribution in [1.29, 1.82) is 0 Å². The molecule has 0 aromatic carbocycles. The first-order valence-corrected chi connectivity index (χ1v) is 25.0. The van der Waals surface area contributed by atoms with Gasteiger partial charge in [-0.05, 0) is 120 Å². The van der Waals surface area contributed by atoms with E-state index in [1.54, 1.807) is 46.3 Å². The Hall–Kier alpha value is -4.05. The van der Waals surface area contributed by atoms with E-state index in [0.717, 1.165) is 12.0 Å². The molecule has 14 nitrogen and oxygen atoms in total. The van der Waals surface area contributed by atoms with Gasteiger partial charge in [-0.25, -0.2) is 4.79 Å². The molecule has 0 radical (unpaired) electrons.